The van der Waals surface area contributed by atoms with Crippen molar-refractivity contribution in [1.82, 2.24) is 24.4 Å². The summed E-state index contributed by atoms with van der Waals surface area (Å²) in [6, 6.07) is 12.3. The zero-order chi connectivity index (χ0) is 24.6. The zero-order valence-electron chi connectivity index (χ0n) is 19.9. The van der Waals surface area contributed by atoms with Crippen LogP contribution < -0.4 is 5.32 Å². The van der Waals surface area contributed by atoms with E-state index in [1.807, 2.05) is 48.0 Å². The van der Waals surface area contributed by atoms with Crippen LogP contribution in [0.15, 0.2) is 61.2 Å². The van der Waals surface area contributed by atoms with Crippen molar-refractivity contribution in [3.05, 3.63) is 82.1 Å². The van der Waals surface area contributed by atoms with Gasteiger partial charge in [-0.05, 0) is 49.2 Å². The molecule has 36 heavy (non-hydrogen) atoms. The molecule has 0 saturated carbocycles. The standard InChI is InChI=1S/C28H23N5O2S/c1-3-19-21-9-10-22(36-21)20(4-2)33-14-18(16-8-6-12-30-26(16)33)24-23(27(34)31-28(24)35)17-13-32(19)25-15(17)7-5-11-29-25/h5-14,19-20H,3-4H2,1-2H3,(H,31,34,35). The molecule has 178 valence electrons. The molecule has 0 aliphatic carbocycles. The number of aromatic nitrogens is 4. The number of hydrogen-bond donors (Lipinski definition) is 1. The first-order valence-electron chi connectivity index (χ1n) is 12.2. The van der Waals surface area contributed by atoms with E-state index >= 15 is 0 Å². The Morgan fingerprint density at radius 3 is 1.69 bits per heavy atom. The molecule has 2 amide bonds. The third-order valence-electron chi connectivity index (χ3n) is 7.40. The first-order valence-corrected chi connectivity index (χ1v) is 13.0. The van der Waals surface area contributed by atoms with Gasteiger partial charge in [0.2, 0.25) is 0 Å². The van der Waals surface area contributed by atoms with Crippen LogP contribution in [-0.2, 0) is 9.59 Å². The summed E-state index contributed by atoms with van der Waals surface area (Å²) in [5.74, 6) is -0.758. The van der Waals surface area contributed by atoms with Crippen molar-refractivity contribution >= 4 is 56.4 Å². The summed E-state index contributed by atoms with van der Waals surface area (Å²) in [7, 11) is 0. The van der Waals surface area contributed by atoms with Crippen LogP contribution in [0.3, 0.4) is 0 Å². The van der Waals surface area contributed by atoms with Gasteiger partial charge in [0, 0.05) is 56.4 Å². The lowest BCUT2D eigenvalue weighted by Gasteiger charge is -2.18. The molecule has 6 bridgehead atoms. The minimum absolute atomic E-state index is 0.0617. The predicted octanol–water partition coefficient (Wildman–Crippen LogP) is 5.33. The number of nitrogens with zero attached hydrogens (tertiary/aromatic N) is 4. The van der Waals surface area contributed by atoms with Crippen LogP contribution in [0.25, 0.3) is 33.2 Å². The van der Waals surface area contributed by atoms with Gasteiger partial charge in [-0.2, -0.15) is 0 Å². The summed E-state index contributed by atoms with van der Waals surface area (Å²) in [6.07, 6.45) is 9.30. The molecular formula is C28H23N5O2S. The van der Waals surface area contributed by atoms with E-state index in [4.69, 9.17) is 9.97 Å². The highest BCUT2D eigenvalue weighted by Crippen LogP contribution is 2.43. The molecule has 5 aromatic heterocycles. The second kappa shape index (κ2) is 7.73. The average molecular weight is 494 g/mol. The smallest absolute Gasteiger partial charge is 0.259 e. The van der Waals surface area contributed by atoms with Crippen molar-refractivity contribution < 1.29 is 9.59 Å². The third kappa shape index (κ3) is 2.79. The number of nitrogens with one attached hydrogen (secondary N) is 1. The molecule has 0 aromatic carbocycles. The van der Waals surface area contributed by atoms with Gasteiger partial charge < -0.3 is 9.13 Å². The molecule has 2 atom stereocenters. The fraction of sp³-hybridized carbons (Fsp3) is 0.214. The van der Waals surface area contributed by atoms with Crippen LogP contribution >= 0.6 is 11.3 Å². The summed E-state index contributed by atoms with van der Waals surface area (Å²) < 4.78 is 4.34. The molecule has 5 aromatic rings. The summed E-state index contributed by atoms with van der Waals surface area (Å²) in [6.45, 7) is 4.33. The minimum Gasteiger partial charge on any atom is -0.324 e. The molecular weight excluding hydrogens is 470 g/mol. The van der Waals surface area contributed by atoms with Gasteiger partial charge in [0.1, 0.15) is 11.3 Å². The number of rotatable bonds is 2. The van der Waals surface area contributed by atoms with Gasteiger partial charge in [-0.15, -0.1) is 11.3 Å². The highest BCUT2D eigenvalue weighted by molar-refractivity contribution is 7.12. The van der Waals surface area contributed by atoms with Gasteiger partial charge in [0.05, 0.1) is 23.2 Å². The maximum Gasteiger partial charge on any atom is 0.259 e. The van der Waals surface area contributed by atoms with Crippen LogP contribution in [0.4, 0.5) is 0 Å². The van der Waals surface area contributed by atoms with Gasteiger partial charge in [-0.25, -0.2) is 9.97 Å². The Morgan fingerprint density at radius 2 is 1.25 bits per heavy atom. The molecule has 2 aliphatic heterocycles. The number of thiophene rings is 1. The van der Waals surface area contributed by atoms with Crippen molar-refractivity contribution in [2.75, 3.05) is 0 Å². The van der Waals surface area contributed by atoms with Crippen molar-refractivity contribution in [3.63, 3.8) is 0 Å². The SMILES string of the molecule is CCC1c2ccc(s2)C(CC)n2cc(c3cccnc32)C2=C(C(=O)NC2=O)c2cn1c1ncccc21. The zero-order valence-corrected chi connectivity index (χ0v) is 20.7. The fourth-order valence-electron chi connectivity index (χ4n) is 5.80. The van der Waals surface area contributed by atoms with E-state index in [1.54, 1.807) is 12.4 Å². The Labute approximate surface area is 211 Å². The highest BCUT2D eigenvalue weighted by Gasteiger charge is 2.37. The van der Waals surface area contributed by atoms with Gasteiger partial charge >= 0.3 is 0 Å². The third-order valence-corrected chi connectivity index (χ3v) is 8.69. The highest BCUT2D eigenvalue weighted by atomic mass is 32.1. The van der Waals surface area contributed by atoms with Crippen molar-refractivity contribution in [3.8, 4) is 0 Å². The number of amides is 2. The molecule has 0 fully saturated rings. The maximum atomic E-state index is 13.3. The minimum atomic E-state index is -0.379. The van der Waals surface area contributed by atoms with Crippen LogP contribution in [0.2, 0.25) is 0 Å². The number of fused-ring (bicyclic) bond motifs is 14. The lowest BCUT2D eigenvalue weighted by molar-refractivity contribution is -0.122. The van der Waals surface area contributed by atoms with Crippen LogP contribution in [0.5, 0.6) is 0 Å². The van der Waals surface area contributed by atoms with E-state index in [-0.39, 0.29) is 23.9 Å². The largest absolute Gasteiger partial charge is 0.324 e. The molecule has 8 heteroatoms. The predicted molar refractivity (Wildman–Crippen MR) is 141 cm³/mol. The molecule has 7 nitrogen and oxygen atoms in total. The Bertz CT molecular complexity index is 1630. The van der Waals surface area contributed by atoms with E-state index in [9.17, 15) is 9.59 Å². The van der Waals surface area contributed by atoms with Gasteiger partial charge in [0.25, 0.3) is 11.8 Å². The molecule has 2 unspecified atom stereocenters. The number of carbonyl (C=O) groups excluding carboxylic acids is 2. The van der Waals surface area contributed by atoms with Crippen molar-refractivity contribution in [1.29, 1.82) is 0 Å². The monoisotopic (exact) mass is 493 g/mol. The van der Waals surface area contributed by atoms with E-state index in [0.717, 1.165) is 46.0 Å². The Morgan fingerprint density at radius 1 is 0.778 bits per heavy atom. The van der Waals surface area contributed by atoms with Crippen LogP contribution in [-0.4, -0.2) is 30.9 Å². The number of carbonyl (C=O) groups is 2. The average Bonchev–Trinajstić information content (AvgIpc) is 3.65. The van der Waals surface area contributed by atoms with Crippen LogP contribution in [0.1, 0.15) is 59.7 Å². The van der Waals surface area contributed by atoms with Gasteiger partial charge in [0.15, 0.2) is 0 Å². The topological polar surface area (TPSA) is 81.8 Å². The van der Waals surface area contributed by atoms with Crippen LogP contribution in [0, 0.1) is 0 Å². The Balaban J connectivity index is 1.68. The van der Waals surface area contributed by atoms with E-state index in [0.29, 0.717) is 11.1 Å². The van der Waals surface area contributed by atoms with Gasteiger partial charge in [-0.3, -0.25) is 14.9 Å². The normalized spacial score (nSPS) is 19.3. The fourth-order valence-corrected chi connectivity index (χ4v) is 7.18. The quantitative estimate of drug-likeness (QED) is 0.337. The number of imide groups is 1. The summed E-state index contributed by atoms with van der Waals surface area (Å²) >= 11 is 1.81. The van der Waals surface area contributed by atoms with Crippen molar-refractivity contribution in [2.45, 2.75) is 38.8 Å². The number of hydrogen-bond acceptors (Lipinski definition) is 5. The molecule has 0 radical (unpaired) electrons. The second-order valence-corrected chi connectivity index (χ2v) is 10.4. The lowest BCUT2D eigenvalue weighted by Crippen LogP contribution is -2.22. The van der Waals surface area contributed by atoms with Crippen molar-refractivity contribution in [2.24, 2.45) is 0 Å². The number of pyridine rings is 2. The summed E-state index contributed by atoms with van der Waals surface area (Å²) in [5.41, 5.74) is 3.86. The maximum absolute atomic E-state index is 13.3. The van der Waals surface area contributed by atoms with E-state index < -0.39 is 0 Å². The Kier molecular flexibility index (Phi) is 4.56. The van der Waals surface area contributed by atoms with Gasteiger partial charge in [-0.1, -0.05) is 13.8 Å². The molecule has 1 N–H and O–H groups in total. The lowest BCUT2D eigenvalue weighted by atomic mass is 9.96. The molecule has 2 aliphatic rings. The van der Waals surface area contributed by atoms with E-state index in [2.05, 4.69) is 40.4 Å². The molecule has 7 rings (SSSR count). The second-order valence-electron chi connectivity index (χ2n) is 9.27. The first-order chi connectivity index (χ1) is 17.6. The summed E-state index contributed by atoms with van der Waals surface area (Å²) in [5, 5.41) is 4.28. The Hall–Kier alpha value is -4.04. The first kappa shape index (κ1) is 21.3. The summed E-state index contributed by atoms with van der Waals surface area (Å²) in [4.78, 5) is 38.6. The van der Waals surface area contributed by atoms with E-state index in [1.165, 1.54) is 9.75 Å². The molecule has 0 saturated heterocycles. The molecule has 0 spiro atoms. The molecule has 7 heterocycles.